The third-order valence-corrected chi connectivity index (χ3v) is 3.83. The van der Waals surface area contributed by atoms with Crippen LogP contribution in [0.3, 0.4) is 0 Å². The molecule has 21 heavy (non-hydrogen) atoms. The fraction of sp³-hybridized carbons (Fsp3) is 0.562. The van der Waals surface area contributed by atoms with Crippen molar-refractivity contribution >= 4 is 11.6 Å². The van der Waals surface area contributed by atoms with E-state index in [0.717, 1.165) is 25.2 Å². The maximum Gasteiger partial charge on any atom is 0.234 e. The van der Waals surface area contributed by atoms with Crippen molar-refractivity contribution in [2.45, 2.75) is 13.0 Å². The van der Waals surface area contributed by atoms with Crippen LogP contribution in [0.5, 0.6) is 0 Å². The summed E-state index contributed by atoms with van der Waals surface area (Å²) in [4.78, 5) is 14.7. The Balaban J connectivity index is 2.08. The van der Waals surface area contributed by atoms with E-state index in [-0.39, 0.29) is 5.91 Å². The van der Waals surface area contributed by atoms with Gasteiger partial charge in [-0.2, -0.15) is 0 Å². The lowest BCUT2D eigenvalue weighted by Gasteiger charge is -2.26. The highest BCUT2D eigenvalue weighted by atomic mass is 16.5. The molecule has 1 fully saturated rings. The van der Waals surface area contributed by atoms with Gasteiger partial charge in [0.1, 0.15) is 0 Å². The molecule has 2 rings (SSSR count). The Hall–Kier alpha value is -1.43. The molecule has 1 heterocycles. The third-order valence-electron chi connectivity index (χ3n) is 3.83. The molecule has 1 aromatic carbocycles. The molecule has 116 valence electrons. The van der Waals surface area contributed by atoms with E-state index in [1.807, 2.05) is 32.3 Å². The second-order valence-corrected chi connectivity index (χ2v) is 6.03. The number of rotatable bonds is 6. The quantitative estimate of drug-likeness (QED) is 0.830. The van der Waals surface area contributed by atoms with Crippen molar-refractivity contribution < 1.29 is 9.53 Å². The number of nitrogens with one attached hydrogen (secondary N) is 2. The van der Waals surface area contributed by atoms with Crippen molar-refractivity contribution in [1.29, 1.82) is 0 Å². The molecule has 0 spiro atoms. The average molecular weight is 291 g/mol. The first-order chi connectivity index (χ1) is 10.1. The molecule has 1 aliphatic rings. The molecule has 2 N–H and O–H groups in total. The lowest BCUT2D eigenvalue weighted by Crippen LogP contribution is -2.41. The molecule has 1 unspecified atom stereocenters. The summed E-state index contributed by atoms with van der Waals surface area (Å²) in [6.45, 7) is 2.83. The molecule has 5 nitrogen and oxygen atoms in total. The van der Waals surface area contributed by atoms with Gasteiger partial charge in [-0.15, -0.1) is 0 Å². The van der Waals surface area contributed by atoms with Crippen LogP contribution in [0.15, 0.2) is 24.3 Å². The number of methoxy groups -OCH3 is 1. The van der Waals surface area contributed by atoms with E-state index in [9.17, 15) is 4.79 Å². The Bertz CT molecular complexity index is 482. The summed E-state index contributed by atoms with van der Waals surface area (Å²) >= 11 is 0. The van der Waals surface area contributed by atoms with Crippen LogP contribution in [0.1, 0.15) is 12.0 Å². The minimum absolute atomic E-state index is 0.0383. The largest absolute Gasteiger partial charge is 0.384 e. The topological polar surface area (TPSA) is 53.6 Å². The first kappa shape index (κ1) is 15.9. The van der Waals surface area contributed by atoms with Crippen LogP contribution in [0, 0.1) is 5.41 Å². The van der Waals surface area contributed by atoms with E-state index in [0.29, 0.717) is 13.2 Å². The highest BCUT2D eigenvalue weighted by Gasteiger charge is 2.41. The Morgan fingerprint density at radius 3 is 2.90 bits per heavy atom. The zero-order valence-corrected chi connectivity index (χ0v) is 13.1. The van der Waals surface area contributed by atoms with Crippen molar-refractivity contribution in [3.63, 3.8) is 0 Å². The van der Waals surface area contributed by atoms with Gasteiger partial charge in [-0.1, -0.05) is 12.1 Å². The summed E-state index contributed by atoms with van der Waals surface area (Å²) in [5.74, 6) is 0.0383. The number of benzene rings is 1. The SMILES string of the molecule is COCC1(C(=O)Nc2cccc(CN(C)C)c2)CCNC1. The number of nitrogens with zero attached hydrogens (tertiary/aromatic N) is 1. The van der Waals surface area contributed by atoms with Crippen LogP contribution in [0.4, 0.5) is 5.69 Å². The molecule has 1 saturated heterocycles. The van der Waals surface area contributed by atoms with Crippen molar-refractivity contribution in [3.8, 4) is 0 Å². The van der Waals surface area contributed by atoms with Gasteiger partial charge in [0, 0.05) is 25.9 Å². The predicted molar refractivity (Wildman–Crippen MR) is 84.3 cm³/mol. The van der Waals surface area contributed by atoms with Crippen LogP contribution in [0.25, 0.3) is 0 Å². The molecule has 0 aromatic heterocycles. The zero-order valence-electron chi connectivity index (χ0n) is 13.1. The molecule has 1 aromatic rings. The summed E-state index contributed by atoms with van der Waals surface area (Å²) < 4.78 is 5.26. The first-order valence-corrected chi connectivity index (χ1v) is 7.30. The van der Waals surface area contributed by atoms with Gasteiger partial charge >= 0.3 is 0 Å². The maximum absolute atomic E-state index is 12.6. The Kier molecular flexibility index (Phi) is 5.33. The second kappa shape index (κ2) is 7.02. The smallest absolute Gasteiger partial charge is 0.234 e. The monoisotopic (exact) mass is 291 g/mol. The fourth-order valence-electron chi connectivity index (χ4n) is 2.78. The van der Waals surface area contributed by atoms with Crippen LogP contribution >= 0.6 is 0 Å². The van der Waals surface area contributed by atoms with Crippen molar-refractivity contribution in [2.24, 2.45) is 5.41 Å². The minimum Gasteiger partial charge on any atom is -0.384 e. The number of carbonyl (C=O) groups excluding carboxylic acids is 1. The molecule has 1 aliphatic heterocycles. The van der Waals surface area contributed by atoms with E-state index >= 15 is 0 Å². The van der Waals surface area contributed by atoms with Gasteiger partial charge in [-0.25, -0.2) is 0 Å². The van der Waals surface area contributed by atoms with Gasteiger partial charge in [-0.3, -0.25) is 4.79 Å². The van der Waals surface area contributed by atoms with Crippen molar-refractivity contribution in [2.75, 3.05) is 46.2 Å². The van der Waals surface area contributed by atoms with Gasteiger partial charge in [-0.05, 0) is 44.8 Å². The number of amides is 1. The normalized spacial score (nSPS) is 21.7. The predicted octanol–water partition coefficient (Wildman–Crippen LogP) is 1.31. The zero-order chi connectivity index (χ0) is 15.3. The van der Waals surface area contributed by atoms with Crippen LogP contribution in [-0.4, -0.2) is 51.7 Å². The maximum atomic E-state index is 12.6. The van der Waals surface area contributed by atoms with Crippen LogP contribution < -0.4 is 10.6 Å². The molecular formula is C16H25N3O2. The van der Waals surface area contributed by atoms with Gasteiger partial charge in [0.15, 0.2) is 0 Å². The average Bonchev–Trinajstić information content (AvgIpc) is 2.88. The lowest BCUT2D eigenvalue weighted by atomic mass is 9.87. The van der Waals surface area contributed by atoms with Gasteiger partial charge in [0.05, 0.1) is 12.0 Å². The highest BCUT2D eigenvalue weighted by Crippen LogP contribution is 2.28. The Morgan fingerprint density at radius 2 is 2.29 bits per heavy atom. The standard InChI is InChI=1S/C16H25N3O2/c1-19(2)10-13-5-4-6-14(9-13)18-15(20)16(12-21-3)7-8-17-11-16/h4-6,9,17H,7-8,10-12H2,1-3H3,(H,18,20). The fourth-order valence-corrected chi connectivity index (χ4v) is 2.78. The Labute approximate surface area is 126 Å². The van der Waals surface area contributed by atoms with Crippen molar-refractivity contribution in [1.82, 2.24) is 10.2 Å². The molecule has 5 heteroatoms. The van der Waals surface area contributed by atoms with Gasteiger partial charge < -0.3 is 20.3 Å². The summed E-state index contributed by atoms with van der Waals surface area (Å²) in [5, 5.41) is 6.30. The first-order valence-electron chi connectivity index (χ1n) is 7.30. The molecule has 0 radical (unpaired) electrons. The van der Waals surface area contributed by atoms with E-state index in [2.05, 4.69) is 21.6 Å². The van der Waals surface area contributed by atoms with E-state index in [4.69, 9.17) is 4.74 Å². The van der Waals surface area contributed by atoms with Crippen molar-refractivity contribution in [3.05, 3.63) is 29.8 Å². The summed E-state index contributed by atoms with van der Waals surface area (Å²) in [5.41, 5.74) is 1.58. The summed E-state index contributed by atoms with van der Waals surface area (Å²) in [6, 6.07) is 8.00. The number of carbonyl (C=O) groups is 1. The van der Waals surface area contributed by atoms with E-state index in [1.165, 1.54) is 5.56 Å². The van der Waals surface area contributed by atoms with Crippen LogP contribution in [0.2, 0.25) is 0 Å². The summed E-state index contributed by atoms with van der Waals surface area (Å²) in [6.07, 6.45) is 0.810. The summed E-state index contributed by atoms with van der Waals surface area (Å²) in [7, 11) is 5.71. The molecule has 1 amide bonds. The molecule has 0 aliphatic carbocycles. The van der Waals surface area contributed by atoms with Gasteiger partial charge in [0.25, 0.3) is 0 Å². The number of ether oxygens (including phenoxy) is 1. The number of hydrogen-bond acceptors (Lipinski definition) is 4. The molecule has 1 atom stereocenters. The lowest BCUT2D eigenvalue weighted by molar-refractivity contribution is -0.127. The minimum atomic E-state index is -0.452. The van der Waals surface area contributed by atoms with Crippen LogP contribution in [-0.2, 0) is 16.1 Å². The number of hydrogen-bond donors (Lipinski definition) is 2. The number of anilines is 1. The highest BCUT2D eigenvalue weighted by molar-refractivity contribution is 5.96. The van der Waals surface area contributed by atoms with E-state index < -0.39 is 5.41 Å². The molecule has 0 bridgehead atoms. The Morgan fingerprint density at radius 1 is 1.48 bits per heavy atom. The molecular weight excluding hydrogens is 266 g/mol. The third kappa shape index (κ3) is 4.03. The molecule has 0 saturated carbocycles. The second-order valence-electron chi connectivity index (χ2n) is 6.03. The van der Waals surface area contributed by atoms with E-state index in [1.54, 1.807) is 7.11 Å². The van der Waals surface area contributed by atoms with Gasteiger partial charge in [0.2, 0.25) is 5.91 Å².